The molecule has 0 aromatic rings. The van der Waals surface area contributed by atoms with Crippen LogP contribution in [0.2, 0.25) is 0 Å². The molecule has 5 nitrogen and oxygen atoms in total. The van der Waals surface area contributed by atoms with E-state index in [0.29, 0.717) is 11.9 Å². The Hall–Kier alpha value is 1.08. The van der Waals surface area contributed by atoms with Crippen molar-refractivity contribution in [2.24, 2.45) is 0 Å². The highest BCUT2D eigenvalue weighted by atomic mass is 35.6. The second kappa shape index (κ2) is 6.49. The molecule has 0 saturated heterocycles. The van der Waals surface area contributed by atoms with Gasteiger partial charge in [-0.25, -0.2) is 16.8 Å². The Morgan fingerprint density at radius 1 is 1.12 bits per heavy atom. The summed E-state index contributed by atoms with van der Waals surface area (Å²) in [5.41, 5.74) is 0. The molecule has 0 bridgehead atoms. The van der Waals surface area contributed by atoms with Crippen molar-refractivity contribution in [3.8, 4) is 0 Å². The first-order chi connectivity index (χ1) is 7.40. The van der Waals surface area contributed by atoms with Gasteiger partial charge in [-0.2, -0.15) is 0 Å². The Labute approximate surface area is 121 Å². The lowest BCUT2D eigenvalue weighted by Crippen LogP contribution is -2.29. The summed E-state index contributed by atoms with van der Waals surface area (Å²) in [6, 6.07) is 0. The molecule has 0 rings (SSSR count). The van der Waals surface area contributed by atoms with E-state index in [1.807, 2.05) is 0 Å². The SMILES string of the molecule is CCS(=O)(=O)CCS(=O)(=O)N(C)SC(Cl)(Cl)Cl. The van der Waals surface area contributed by atoms with Crippen molar-refractivity contribution >= 4 is 66.6 Å². The molecular weight excluding hydrogens is 353 g/mol. The van der Waals surface area contributed by atoms with Gasteiger partial charge in [0, 0.05) is 12.8 Å². The van der Waals surface area contributed by atoms with Gasteiger partial charge in [-0.15, -0.1) is 3.71 Å². The molecule has 0 atom stereocenters. The van der Waals surface area contributed by atoms with Crippen LogP contribution >= 0.6 is 46.8 Å². The maximum Gasteiger partial charge on any atom is 0.252 e. The number of halogens is 3. The summed E-state index contributed by atoms with van der Waals surface area (Å²) >= 11 is 16.7. The number of sulfonamides is 1. The van der Waals surface area contributed by atoms with Crippen LogP contribution in [0.15, 0.2) is 0 Å². The summed E-state index contributed by atoms with van der Waals surface area (Å²) in [5, 5.41) is 0. The van der Waals surface area contributed by atoms with Crippen LogP contribution in [-0.4, -0.2) is 48.0 Å². The fraction of sp³-hybridized carbons (Fsp3) is 1.00. The third-order valence-corrected chi connectivity index (χ3v) is 7.17. The maximum atomic E-state index is 11.6. The molecule has 104 valence electrons. The predicted molar refractivity (Wildman–Crippen MR) is 73.8 cm³/mol. The van der Waals surface area contributed by atoms with Gasteiger partial charge in [0.1, 0.15) is 0 Å². The zero-order chi connectivity index (χ0) is 13.9. The quantitative estimate of drug-likeness (QED) is 0.529. The standard InChI is InChI=1S/C6H12Cl3NO4S3/c1-3-16(11,12)4-5-17(13,14)10(2)15-6(7,8)9/h3-5H2,1-2H3. The molecule has 0 aliphatic carbocycles. The number of nitrogens with zero attached hydrogens (tertiary/aromatic N) is 1. The second-order valence-corrected chi connectivity index (χ2v) is 12.1. The molecule has 0 spiro atoms. The van der Waals surface area contributed by atoms with E-state index in [-0.39, 0.29) is 5.75 Å². The van der Waals surface area contributed by atoms with Crippen LogP contribution in [0.25, 0.3) is 0 Å². The number of sulfone groups is 1. The molecule has 0 radical (unpaired) electrons. The third kappa shape index (κ3) is 7.97. The summed E-state index contributed by atoms with van der Waals surface area (Å²) in [6.07, 6.45) is 0. The van der Waals surface area contributed by atoms with Gasteiger partial charge in [0.15, 0.2) is 9.84 Å². The summed E-state index contributed by atoms with van der Waals surface area (Å²) in [7, 11) is -5.92. The van der Waals surface area contributed by atoms with Gasteiger partial charge >= 0.3 is 0 Å². The monoisotopic (exact) mass is 363 g/mol. The van der Waals surface area contributed by atoms with Crippen molar-refractivity contribution < 1.29 is 16.8 Å². The summed E-state index contributed by atoms with van der Waals surface area (Å²) in [4.78, 5) is 0. The van der Waals surface area contributed by atoms with Crippen LogP contribution in [0, 0.1) is 0 Å². The first kappa shape index (κ1) is 18.1. The van der Waals surface area contributed by atoms with Crippen molar-refractivity contribution in [3.05, 3.63) is 0 Å². The predicted octanol–water partition coefficient (Wildman–Crippen LogP) is 1.66. The average molecular weight is 365 g/mol. The minimum Gasteiger partial charge on any atom is -0.229 e. The Morgan fingerprint density at radius 3 is 1.94 bits per heavy atom. The van der Waals surface area contributed by atoms with Crippen LogP contribution in [0.1, 0.15) is 6.92 Å². The van der Waals surface area contributed by atoms with Crippen LogP contribution < -0.4 is 0 Å². The lowest BCUT2D eigenvalue weighted by atomic mass is 10.9. The highest BCUT2D eigenvalue weighted by Crippen LogP contribution is 2.41. The van der Waals surface area contributed by atoms with Crippen molar-refractivity contribution in [1.82, 2.24) is 3.71 Å². The molecule has 11 heteroatoms. The minimum absolute atomic E-state index is 0.107. The second-order valence-electron chi connectivity index (χ2n) is 3.00. The zero-order valence-corrected chi connectivity index (χ0v) is 13.8. The van der Waals surface area contributed by atoms with Gasteiger partial charge in [-0.1, -0.05) is 41.7 Å². The van der Waals surface area contributed by atoms with Crippen molar-refractivity contribution in [1.29, 1.82) is 0 Å². The minimum atomic E-state index is -3.77. The highest BCUT2D eigenvalue weighted by Gasteiger charge is 2.30. The van der Waals surface area contributed by atoms with Gasteiger partial charge in [0.25, 0.3) is 3.12 Å². The van der Waals surface area contributed by atoms with Crippen LogP contribution in [0.4, 0.5) is 0 Å². The third-order valence-electron chi connectivity index (χ3n) is 1.72. The van der Waals surface area contributed by atoms with E-state index in [2.05, 4.69) is 0 Å². The largest absolute Gasteiger partial charge is 0.252 e. The topological polar surface area (TPSA) is 71.5 Å². The number of hydrogen-bond acceptors (Lipinski definition) is 5. The summed E-state index contributed by atoms with van der Waals surface area (Å²) in [6.45, 7) is 1.45. The highest BCUT2D eigenvalue weighted by molar-refractivity contribution is 8.11. The molecule has 0 saturated carbocycles. The Balaban J connectivity index is 4.60. The van der Waals surface area contributed by atoms with E-state index in [1.165, 1.54) is 14.0 Å². The van der Waals surface area contributed by atoms with Gasteiger partial charge in [-0.3, -0.25) is 0 Å². The Kier molecular flexibility index (Phi) is 6.91. The fourth-order valence-electron chi connectivity index (χ4n) is 0.708. The first-order valence-electron chi connectivity index (χ1n) is 4.32. The van der Waals surface area contributed by atoms with Crippen molar-refractivity contribution in [2.45, 2.75) is 10.0 Å². The van der Waals surface area contributed by atoms with Crippen LogP contribution in [-0.2, 0) is 19.9 Å². The van der Waals surface area contributed by atoms with Crippen LogP contribution in [0.5, 0.6) is 0 Å². The van der Waals surface area contributed by atoms with Gasteiger partial charge in [-0.05, 0) is 11.9 Å². The van der Waals surface area contributed by atoms with Gasteiger partial charge in [0.2, 0.25) is 10.0 Å². The Bertz CT molecular complexity index is 442. The van der Waals surface area contributed by atoms with Crippen molar-refractivity contribution in [3.63, 3.8) is 0 Å². The zero-order valence-electron chi connectivity index (χ0n) is 9.06. The van der Waals surface area contributed by atoms with E-state index < -0.39 is 34.5 Å². The average Bonchev–Trinajstić information content (AvgIpc) is 2.12. The molecular formula is C6H12Cl3NO4S3. The maximum absolute atomic E-state index is 11.6. The van der Waals surface area contributed by atoms with E-state index in [4.69, 9.17) is 34.8 Å². The first-order valence-corrected chi connectivity index (χ1v) is 9.66. The van der Waals surface area contributed by atoms with Gasteiger partial charge < -0.3 is 0 Å². The lowest BCUT2D eigenvalue weighted by Gasteiger charge is -2.19. The molecule has 0 unspecified atom stereocenters. The smallest absolute Gasteiger partial charge is 0.229 e. The van der Waals surface area contributed by atoms with Crippen molar-refractivity contribution in [2.75, 3.05) is 24.3 Å². The number of alkyl halides is 3. The molecule has 17 heavy (non-hydrogen) atoms. The number of rotatable bonds is 6. The van der Waals surface area contributed by atoms with E-state index in [1.54, 1.807) is 0 Å². The van der Waals surface area contributed by atoms with E-state index >= 15 is 0 Å². The fourth-order valence-corrected chi connectivity index (χ4v) is 5.72. The molecule has 0 aromatic carbocycles. The summed E-state index contributed by atoms with van der Waals surface area (Å²) in [5.74, 6) is -1.09. The molecule has 0 aliphatic heterocycles. The Morgan fingerprint density at radius 2 is 1.59 bits per heavy atom. The molecule has 0 amide bonds. The molecule has 0 N–H and O–H groups in total. The van der Waals surface area contributed by atoms with E-state index in [0.717, 1.165) is 3.71 Å². The molecule has 0 fully saturated rings. The molecule has 0 aromatic heterocycles. The summed E-state index contributed by atoms with van der Waals surface area (Å²) < 4.78 is 44.6. The number of hydrogen-bond donors (Lipinski definition) is 0. The van der Waals surface area contributed by atoms with Crippen LogP contribution in [0.3, 0.4) is 0 Å². The molecule has 0 aliphatic rings. The normalized spacial score (nSPS) is 14.2. The lowest BCUT2D eigenvalue weighted by molar-refractivity contribution is 0.563. The van der Waals surface area contributed by atoms with Gasteiger partial charge in [0.05, 0.1) is 11.5 Å². The van der Waals surface area contributed by atoms with E-state index in [9.17, 15) is 16.8 Å². The molecule has 0 heterocycles.